The highest BCUT2D eigenvalue weighted by Gasteiger charge is 2.22. The molecule has 1 N–H and O–H groups in total. The average Bonchev–Trinajstić information content (AvgIpc) is 2.60. The molecule has 2 aliphatic heterocycles. The Bertz CT molecular complexity index is 359. The number of hydrogen-bond donors (Lipinski definition) is 1. The van der Waals surface area contributed by atoms with Crippen LogP contribution in [0.1, 0.15) is 46.5 Å². The summed E-state index contributed by atoms with van der Waals surface area (Å²) in [5, 5.41) is 4.29. The molecule has 0 amide bonds. The van der Waals surface area contributed by atoms with Gasteiger partial charge in [0, 0.05) is 37.2 Å². The minimum atomic E-state index is 0. The number of halogens is 1. The van der Waals surface area contributed by atoms with E-state index in [4.69, 9.17) is 4.99 Å². The molecule has 2 heterocycles. The van der Waals surface area contributed by atoms with E-state index in [2.05, 4.69) is 47.6 Å². The van der Waals surface area contributed by atoms with Crippen molar-refractivity contribution in [2.24, 2.45) is 10.9 Å². The molecular formula is C18H37IN4S. The zero-order valence-electron chi connectivity index (χ0n) is 15.8. The van der Waals surface area contributed by atoms with Gasteiger partial charge in [-0.25, -0.2) is 0 Å². The number of piperidine rings is 1. The molecule has 0 aromatic heterocycles. The van der Waals surface area contributed by atoms with Crippen molar-refractivity contribution in [2.75, 3.05) is 51.6 Å². The van der Waals surface area contributed by atoms with Crippen LogP contribution in [-0.2, 0) is 0 Å². The van der Waals surface area contributed by atoms with Crippen molar-refractivity contribution >= 4 is 41.7 Å². The van der Waals surface area contributed by atoms with Gasteiger partial charge in [0.25, 0.3) is 0 Å². The summed E-state index contributed by atoms with van der Waals surface area (Å²) in [6, 6.07) is 0. The minimum absolute atomic E-state index is 0. The number of hydrogen-bond acceptors (Lipinski definition) is 3. The average molecular weight is 468 g/mol. The van der Waals surface area contributed by atoms with Gasteiger partial charge < -0.3 is 15.1 Å². The molecule has 142 valence electrons. The second kappa shape index (κ2) is 12.6. The first-order valence-electron chi connectivity index (χ1n) is 9.64. The van der Waals surface area contributed by atoms with E-state index in [-0.39, 0.29) is 24.0 Å². The minimum Gasteiger partial charge on any atom is -0.357 e. The Labute approximate surface area is 170 Å². The Balaban J connectivity index is 0.00000288. The Hall–Kier alpha value is 0.310. The summed E-state index contributed by atoms with van der Waals surface area (Å²) in [6.45, 7) is 14.8. The van der Waals surface area contributed by atoms with E-state index in [1.807, 2.05) is 0 Å². The number of nitrogens with one attached hydrogen (secondary N) is 1. The van der Waals surface area contributed by atoms with Gasteiger partial charge in [0.2, 0.25) is 0 Å². The van der Waals surface area contributed by atoms with Gasteiger partial charge in [-0.1, -0.05) is 13.8 Å². The Morgan fingerprint density at radius 1 is 1.17 bits per heavy atom. The van der Waals surface area contributed by atoms with Crippen molar-refractivity contribution in [2.45, 2.75) is 51.7 Å². The Morgan fingerprint density at radius 2 is 1.92 bits per heavy atom. The summed E-state index contributed by atoms with van der Waals surface area (Å²) in [4.78, 5) is 10.1. The van der Waals surface area contributed by atoms with Gasteiger partial charge >= 0.3 is 0 Å². The molecule has 0 spiro atoms. The lowest BCUT2D eigenvalue weighted by molar-refractivity contribution is 0.188. The fourth-order valence-corrected chi connectivity index (χ4v) is 4.69. The van der Waals surface area contributed by atoms with Crippen LogP contribution in [0.5, 0.6) is 0 Å². The zero-order chi connectivity index (χ0) is 16.5. The predicted molar refractivity (Wildman–Crippen MR) is 119 cm³/mol. The van der Waals surface area contributed by atoms with Gasteiger partial charge in [0.05, 0.1) is 0 Å². The quantitative estimate of drug-likeness (QED) is 0.367. The van der Waals surface area contributed by atoms with Crippen LogP contribution < -0.4 is 5.32 Å². The van der Waals surface area contributed by atoms with Gasteiger partial charge in [-0.2, -0.15) is 11.8 Å². The predicted octanol–water partition coefficient (Wildman–Crippen LogP) is 3.52. The Kier molecular flexibility index (Phi) is 11.8. The highest BCUT2D eigenvalue weighted by atomic mass is 127. The van der Waals surface area contributed by atoms with Gasteiger partial charge in [-0.3, -0.25) is 4.99 Å². The first-order valence-corrected chi connectivity index (χ1v) is 10.7. The van der Waals surface area contributed by atoms with E-state index in [9.17, 15) is 0 Å². The molecule has 4 nitrogen and oxygen atoms in total. The third kappa shape index (κ3) is 7.28. The molecule has 0 radical (unpaired) electrons. The third-order valence-electron chi connectivity index (χ3n) is 4.97. The van der Waals surface area contributed by atoms with E-state index < -0.39 is 0 Å². The number of likely N-dealkylation sites (tertiary alicyclic amines) is 1. The molecule has 2 aliphatic rings. The molecule has 0 aromatic rings. The summed E-state index contributed by atoms with van der Waals surface area (Å²) in [5.74, 6) is 3.17. The Morgan fingerprint density at radius 3 is 2.54 bits per heavy atom. The van der Waals surface area contributed by atoms with Gasteiger partial charge in [-0.05, 0) is 58.2 Å². The van der Waals surface area contributed by atoms with Crippen LogP contribution in [0, 0.1) is 5.92 Å². The summed E-state index contributed by atoms with van der Waals surface area (Å²) < 4.78 is 0. The van der Waals surface area contributed by atoms with Crippen LogP contribution >= 0.6 is 35.7 Å². The monoisotopic (exact) mass is 468 g/mol. The van der Waals surface area contributed by atoms with E-state index in [0.717, 1.165) is 43.3 Å². The molecule has 6 heteroatoms. The van der Waals surface area contributed by atoms with Crippen LogP contribution in [0.25, 0.3) is 0 Å². The number of guanidine groups is 1. The lowest BCUT2D eigenvalue weighted by Gasteiger charge is -2.35. The molecule has 2 fully saturated rings. The van der Waals surface area contributed by atoms with Crippen molar-refractivity contribution in [3.05, 3.63) is 0 Å². The topological polar surface area (TPSA) is 30.9 Å². The molecular weight excluding hydrogens is 431 g/mol. The molecule has 24 heavy (non-hydrogen) atoms. The van der Waals surface area contributed by atoms with Crippen LogP contribution in [0.4, 0.5) is 0 Å². The summed E-state index contributed by atoms with van der Waals surface area (Å²) in [7, 11) is 0. The molecule has 1 unspecified atom stereocenters. The maximum Gasteiger partial charge on any atom is 0.193 e. The van der Waals surface area contributed by atoms with E-state index in [1.165, 1.54) is 51.1 Å². The van der Waals surface area contributed by atoms with Gasteiger partial charge in [0.15, 0.2) is 5.96 Å². The first kappa shape index (κ1) is 22.4. The maximum atomic E-state index is 5.00. The molecule has 2 saturated heterocycles. The fourth-order valence-electron chi connectivity index (χ4n) is 3.51. The summed E-state index contributed by atoms with van der Waals surface area (Å²) in [5.41, 5.74) is 0. The van der Waals surface area contributed by atoms with Crippen LogP contribution in [0.2, 0.25) is 0 Å². The highest BCUT2D eigenvalue weighted by molar-refractivity contribution is 14.0. The lowest BCUT2D eigenvalue weighted by atomic mass is 9.97. The fraction of sp³-hybridized carbons (Fsp3) is 0.944. The number of thioether (sulfide) groups is 1. The van der Waals surface area contributed by atoms with Crippen LogP contribution in [0.15, 0.2) is 4.99 Å². The van der Waals surface area contributed by atoms with Gasteiger partial charge in [-0.15, -0.1) is 24.0 Å². The molecule has 1 atom stereocenters. The first-order chi connectivity index (χ1) is 11.3. The SMILES string of the molecule is CCCN1CCC(CN=C(NCC)N2CCSC(CC)C2)CC1.I. The lowest BCUT2D eigenvalue weighted by Crippen LogP contribution is -2.48. The molecule has 0 aliphatic carbocycles. The number of nitrogens with zero attached hydrogens (tertiary/aromatic N) is 3. The van der Waals surface area contributed by atoms with Crippen molar-refractivity contribution < 1.29 is 0 Å². The van der Waals surface area contributed by atoms with E-state index >= 15 is 0 Å². The molecule has 0 bridgehead atoms. The number of rotatable bonds is 6. The second-order valence-electron chi connectivity index (χ2n) is 6.83. The standard InChI is InChI=1S/C18H36N4S.HI/c1-4-9-21-10-7-16(8-11-21)14-20-18(19-6-3)22-12-13-23-17(5-2)15-22;/h16-17H,4-15H2,1-3H3,(H,19,20);1H. The van der Waals surface area contributed by atoms with Crippen molar-refractivity contribution in [1.82, 2.24) is 15.1 Å². The van der Waals surface area contributed by atoms with E-state index in [1.54, 1.807) is 0 Å². The second-order valence-corrected chi connectivity index (χ2v) is 8.23. The normalized spacial score (nSPS) is 23.9. The van der Waals surface area contributed by atoms with E-state index in [0.29, 0.717) is 0 Å². The molecule has 0 saturated carbocycles. The highest BCUT2D eigenvalue weighted by Crippen LogP contribution is 2.22. The summed E-state index contributed by atoms with van der Waals surface area (Å²) in [6.07, 6.45) is 5.17. The van der Waals surface area contributed by atoms with Gasteiger partial charge in [0.1, 0.15) is 0 Å². The largest absolute Gasteiger partial charge is 0.357 e. The van der Waals surface area contributed by atoms with Crippen LogP contribution in [-0.4, -0.2) is 72.6 Å². The molecule has 2 rings (SSSR count). The van der Waals surface area contributed by atoms with Crippen molar-refractivity contribution in [3.63, 3.8) is 0 Å². The van der Waals surface area contributed by atoms with Crippen molar-refractivity contribution in [1.29, 1.82) is 0 Å². The smallest absolute Gasteiger partial charge is 0.193 e. The van der Waals surface area contributed by atoms with Crippen LogP contribution in [0.3, 0.4) is 0 Å². The number of aliphatic imine (C=N–C) groups is 1. The van der Waals surface area contributed by atoms with Crippen molar-refractivity contribution in [3.8, 4) is 0 Å². The maximum absolute atomic E-state index is 5.00. The zero-order valence-corrected chi connectivity index (χ0v) is 18.9. The third-order valence-corrected chi connectivity index (χ3v) is 6.35. The summed E-state index contributed by atoms with van der Waals surface area (Å²) >= 11 is 2.12. The molecule has 0 aromatic carbocycles.